The van der Waals surface area contributed by atoms with Crippen molar-refractivity contribution in [2.45, 2.75) is 19.4 Å². The molecule has 134 valence electrons. The highest BCUT2D eigenvalue weighted by Crippen LogP contribution is 2.19. The first-order chi connectivity index (χ1) is 12.2. The lowest BCUT2D eigenvalue weighted by molar-refractivity contribution is -0.140. The molecule has 7 nitrogen and oxygen atoms in total. The molecule has 1 amide bonds. The predicted molar refractivity (Wildman–Crippen MR) is 92.4 cm³/mol. The summed E-state index contributed by atoms with van der Waals surface area (Å²) in [5.74, 6) is 0.0181. The number of benzene rings is 1. The van der Waals surface area contributed by atoms with E-state index in [1.807, 2.05) is 16.8 Å². The van der Waals surface area contributed by atoms with Gasteiger partial charge in [-0.25, -0.2) is 4.98 Å². The summed E-state index contributed by atoms with van der Waals surface area (Å²) in [6.07, 6.45) is 6.23. The van der Waals surface area contributed by atoms with Gasteiger partial charge in [0.15, 0.2) is 0 Å². The molecular weight excluding hydrogens is 322 g/mol. The van der Waals surface area contributed by atoms with Crippen LogP contribution in [0.2, 0.25) is 0 Å². The maximum absolute atomic E-state index is 12.9. The first-order valence-electron chi connectivity index (χ1n) is 8.10. The molecule has 1 aromatic carbocycles. The summed E-state index contributed by atoms with van der Waals surface area (Å²) in [5, 5.41) is 0. The van der Waals surface area contributed by atoms with E-state index in [4.69, 9.17) is 4.74 Å². The molecule has 0 spiro atoms. The van der Waals surface area contributed by atoms with E-state index in [0.29, 0.717) is 24.4 Å². The van der Waals surface area contributed by atoms with E-state index >= 15 is 0 Å². The number of methoxy groups -OCH3 is 2. The van der Waals surface area contributed by atoms with Gasteiger partial charge in [-0.3, -0.25) is 9.59 Å². The third-order valence-electron chi connectivity index (χ3n) is 3.84. The topological polar surface area (TPSA) is 73.7 Å². The molecule has 0 aliphatic rings. The van der Waals surface area contributed by atoms with Gasteiger partial charge in [-0.15, -0.1) is 0 Å². The minimum absolute atomic E-state index is 0.155. The van der Waals surface area contributed by atoms with Crippen LogP contribution < -0.4 is 4.74 Å². The Hall–Kier alpha value is -2.83. The van der Waals surface area contributed by atoms with Crippen LogP contribution >= 0.6 is 0 Å². The van der Waals surface area contributed by atoms with Gasteiger partial charge in [-0.1, -0.05) is 12.1 Å². The quantitative estimate of drug-likeness (QED) is 0.650. The Labute approximate surface area is 147 Å². The van der Waals surface area contributed by atoms with Crippen molar-refractivity contribution < 1.29 is 19.1 Å². The van der Waals surface area contributed by atoms with Gasteiger partial charge < -0.3 is 18.9 Å². The number of amides is 1. The normalized spacial score (nSPS) is 10.3. The molecule has 2 aromatic rings. The number of nitrogens with zero attached hydrogens (tertiary/aromatic N) is 3. The van der Waals surface area contributed by atoms with Crippen molar-refractivity contribution in [2.24, 2.45) is 0 Å². The van der Waals surface area contributed by atoms with Crippen LogP contribution in [-0.4, -0.2) is 53.6 Å². The Balaban J connectivity index is 2.06. The predicted octanol–water partition coefficient (Wildman–Crippen LogP) is 1.99. The second-order valence-electron chi connectivity index (χ2n) is 5.47. The molecule has 0 fully saturated rings. The van der Waals surface area contributed by atoms with Crippen LogP contribution in [-0.2, 0) is 16.1 Å². The van der Waals surface area contributed by atoms with Crippen LogP contribution in [0.1, 0.15) is 23.2 Å². The molecule has 0 bridgehead atoms. The van der Waals surface area contributed by atoms with Crippen molar-refractivity contribution in [3.8, 4) is 5.75 Å². The third kappa shape index (κ3) is 5.34. The van der Waals surface area contributed by atoms with E-state index in [2.05, 4.69) is 9.72 Å². The van der Waals surface area contributed by atoms with Gasteiger partial charge in [-0.2, -0.15) is 0 Å². The molecule has 1 aromatic heterocycles. The molecule has 0 N–H and O–H groups in total. The van der Waals surface area contributed by atoms with Crippen molar-refractivity contribution >= 4 is 11.9 Å². The minimum Gasteiger partial charge on any atom is -0.496 e. The van der Waals surface area contributed by atoms with E-state index in [9.17, 15) is 9.59 Å². The molecule has 1 heterocycles. The average molecular weight is 345 g/mol. The smallest absolute Gasteiger partial charge is 0.307 e. The zero-order valence-corrected chi connectivity index (χ0v) is 14.6. The van der Waals surface area contributed by atoms with Gasteiger partial charge in [0, 0.05) is 32.0 Å². The van der Waals surface area contributed by atoms with Crippen LogP contribution in [0.4, 0.5) is 0 Å². The molecule has 0 aliphatic heterocycles. The molecule has 0 unspecified atom stereocenters. The number of ether oxygens (including phenoxy) is 2. The number of rotatable bonds is 9. The van der Waals surface area contributed by atoms with Crippen molar-refractivity contribution in [3.05, 3.63) is 48.5 Å². The number of carbonyl (C=O) groups excluding carboxylic acids is 2. The fourth-order valence-electron chi connectivity index (χ4n) is 2.50. The molecular formula is C18H23N3O4. The van der Waals surface area contributed by atoms with Gasteiger partial charge in [-0.05, 0) is 18.6 Å². The average Bonchev–Trinajstić information content (AvgIpc) is 3.17. The Bertz CT molecular complexity index is 685. The first-order valence-corrected chi connectivity index (χ1v) is 8.10. The number of hydrogen-bond acceptors (Lipinski definition) is 5. The number of imidazole rings is 1. The van der Waals surface area contributed by atoms with E-state index in [-0.39, 0.29) is 18.3 Å². The van der Waals surface area contributed by atoms with E-state index in [1.54, 1.807) is 35.6 Å². The summed E-state index contributed by atoms with van der Waals surface area (Å²) in [6, 6.07) is 7.08. The molecule has 0 aliphatic carbocycles. The van der Waals surface area contributed by atoms with Crippen molar-refractivity contribution in [1.82, 2.24) is 14.5 Å². The largest absolute Gasteiger partial charge is 0.496 e. The molecule has 7 heteroatoms. The molecule has 0 atom stereocenters. The van der Waals surface area contributed by atoms with Crippen LogP contribution in [0.3, 0.4) is 0 Å². The third-order valence-corrected chi connectivity index (χ3v) is 3.84. The SMILES string of the molecule is COC(=O)CCN(CCCn1ccnc1)C(=O)c1ccccc1OC. The van der Waals surface area contributed by atoms with Crippen LogP contribution in [0.25, 0.3) is 0 Å². The second-order valence-corrected chi connectivity index (χ2v) is 5.47. The number of aromatic nitrogens is 2. The second kappa shape index (κ2) is 9.46. The summed E-state index contributed by atoms with van der Waals surface area (Å²) >= 11 is 0. The van der Waals surface area contributed by atoms with Crippen molar-refractivity contribution in [3.63, 3.8) is 0 Å². The zero-order valence-electron chi connectivity index (χ0n) is 14.6. The fourth-order valence-corrected chi connectivity index (χ4v) is 2.50. The maximum atomic E-state index is 12.9. The molecule has 0 radical (unpaired) electrons. The van der Waals surface area contributed by atoms with Crippen LogP contribution in [0.5, 0.6) is 5.75 Å². The highest BCUT2D eigenvalue weighted by atomic mass is 16.5. The van der Waals surface area contributed by atoms with Gasteiger partial charge >= 0.3 is 5.97 Å². The lowest BCUT2D eigenvalue weighted by Gasteiger charge is -2.23. The molecule has 0 saturated heterocycles. The van der Waals surface area contributed by atoms with E-state index in [0.717, 1.165) is 13.0 Å². The number of esters is 1. The van der Waals surface area contributed by atoms with Crippen molar-refractivity contribution in [1.29, 1.82) is 0 Å². The highest BCUT2D eigenvalue weighted by molar-refractivity contribution is 5.97. The van der Waals surface area contributed by atoms with Crippen molar-refractivity contribution in [2.75, 3.05) is 27.3 Å². The number of aryl methyl sites for hydroxylation is 1. The Morgan fingerprint density at radius 2 is 2.00 bits per heavy atom. The summed E-state index contributed by atoms with van der Waals surface area (Å²) in [4.78, 5) is 30.0. The standard InChI is InChI=1S/C18H23N3O4/c1-24-16-7-4-3-6-15(16)18(23)21(12-8-17(22)25-2)11-5-10-20-13-9-19-14-20/h3-4,6-7,9,13-14H,5,8,10-12H2,1-2H3. The lowest BCUT2D eigenvalue weighted by atomic mass is 10.1. The van der Waals surface area contributed by atoms with E-state index < -0.39 is 0 Å². The minimum atomic E-state index is -0.340. The summed E-state index contributed by atoms with van der Waals surface area (Å²) in [5.41, 5.74) is 0.484. The van der Waals surface area contributed by atoms with E-state index in [1.165, 1.54) is 14.2 Å². The highest BCUT2D eigenvalue weighted by Gasteiger charge is 2.20. The summed E-state index contributed by atoms with van der Waals surface area (Å²) < 4.78 is 11.9. The fraction of sp³-hybridized carbons (Fsp3) is 0.389. The molecule has 25 heavy (non-hydrogen) atoms. The van der Waals surface area contributed by atoms with Crippen LogP contribution in [0.15, 0.2) is 43.0 Å². The number of carbonyl (C=O) groups is 2. The monoisotopic (exact) mass is 345 g/mol. The zero-order chi connectivity index (χ0) is 18.1. The van der Waals surface area contributed by atoms with Gasteiger partial charge in [0.05, 0.1) is 32.5 Å². The Kier molecular flexibility index (Phi) is 7.00. The Morgan fingerprint density at radius 1 is 1.20 bits per heavy atom. The van der Waals surface area contributed by atoms with Gasteiger partial charge in [0.25, 0.3) is 5.91 Å². The summed E-state index contributed by atoms with van der Waals surface area (Å²) in [6.45, 7) is 1.56. The molecule has 0 saturated carbocycles. The molecule has 2 rings (SSSR count). The number of hydrogen-bond donors (Lipinski definition) is 0. The lowest BCUT2D eigenvalue weighted by Crippen LogP contribution is -2.34. The summed E-state index contributed by atoms with van der Waals surface area (Å²) in [7, 11) is 2.87. The first kappa shape index (κ1) is 18.5. The van der Waals surface area contributed by atoms with Gasteiger partial charge in [0.2, 0.25) is 0 Å². The van der Waals surface area contributed by atoms with Crippen LogP contribution in [0, 0.1) is 0 Å². The Morgan fingerprint density at radius 3 is 2.68 bits per heavy atom. The maximum Gasteiger partial charge on any atom is 0.307 e. The van der Waals surface area contributed by atoms with Gasteiger partial charge in [0.1, 0.15) is 5.75 Å². The number of para-hydroxylation sites is 1.